The van der Waals surface area contributed by atoms with Crippen molar-refractivity contribution in [2.24, 2.45) is 5.92 Å². The van der Waals surface area contributed by atoms with Crippen LogP contribution >= 0.6 is 0 Å². The summed E-state index contributed by atoms with van der Waals surface area (Å²) in [7, 11) is 0. The van der Waals surface area contributed by atoms with Crippen LogP contribution in [0.2, 0.25) is 0 Å². The number of aliphatic carboxylic acids is 1. The lowest BCUT2D eigenvalue weighted by atomic mass is 10.00. The molecular formula is C10H9NO2. The highest BCUT2D eigenvalue weighted by atomic mass is 16.4. The summed E-state index contributed by atoms with van der Waals surface area (Å²) in [4.78, 5) is 10.9. The lowest BCUT2D eigenvalue weighted by Crippen LogP contribution is -2.16. The van der Waals surface area contributed by atoms with Crippen LogP contribution in [0.15, 0.2) is 34.6 Å². The Morgan fingerprint density at radius 2 is 2.38 bits per heavy atom. The van der Waals surface area contributed by atoms with E-state index in [1.807, 2.05) is 12.3 Å². The molecule has 0 saturated heterocycles. The lowest BCUT2D eigenvalue weighted by Gasteiger charge is -2.13. The number of carboxylic acid groups (broad SMARTS) is 1. The fourth-order valence-electron chi connectivity index (χ4n) is 2.26. The van der Waals surface area contributed by atoms with Crippen LogP contribution in [0.5, 0.6) is 0 Å². The third kappa shape index (κ3) is 0.763. The molecule has 1 aliphatic heterocycles. The minimum atomic E-state index is -0.769. The van der Waals surface area contributed by atoms with Crippen molar-refractivity contribution in [3.8, 4) is 0 Å². The maximum Gasteiger partial charge on any atom is 0.336 e. The molecule has 1 atom stereocenters. The molecule has 1 heterocycles. The highest BCUT2D eigenvalue weighted by Crippen LogP contribution is 2.54. The highest BCUT2D eigenvalue weighted by Gasteiger charge is 2.45. The molecular weight excluding hydrogens is 166 g/mol. The first kappa shape index (κ1) is 6.95. The SMILES string of the molecule is O=C(O)C1=C2CC2C2=C1C=CNC2. The maximum atomic E-state index is 10.9. The molecule has 1 fully saturated rings. The molecule has 0 aromatic carbocycles. The van der Waals surface area contributed by atoms with E-state index in [1.165, 1.54) is 5.57 Å². The Balaban J connectivity index is 2.12. The second kappa shape index (κ2) is 2.05. The molecule has 3 heteroatoms. The quantitative estimate of drug-likeness (QED) is 0.620. The van der Waals surface area contributed by atoms with Gasteiger partial charge in [-0.1, -0.05) is 0 Å². The van der Waals surface area contributed by atoms with E-state index in [2.05, 4.69) is 5.32 Å². The molecule has 0 aromatic heterocycles. The fourth-order valence-corrected chi connectivity index (χ4v) is 2.26. The molecule has 2 aliphatic carbocycles. The summed E-state index contributed by atoms with van der Waals surface area (Å²) in [6.45, 7) is 0.816. The van der Waals surface area contributed by atoms with E-state index < -0.39 is 5.97 Å². The summed E-state index contributed by atoms with van der Waals surface area (Å²) in [6, 6.07) is 0. The molecule has 0 amide bonds. The number of carboxylic acids is 1. The van der Waals surface area contributed by atoms with Crippen LogP contribution in [0.4, 0.5) is 0 Å². The number of hydrogen-bond acceptors (Lipinski definition) is 2. The smallest absolute Gasteiger partial charge is 0.336 e. The van der Waals surface area contributed by atoms with Crippen LogP contribution in [0.1, 0.15) is 6.42 Å². The molecule has 1 saturated carbocycles. The van der Waals surface area contributed by atoms with Crippen molar-refractivity contribution in [2.75, 3.05) is 6.54 Å². The minimum absolute atomic E-state index is 0.457. The Kier molecular flexibility index (Phi) is 1.09. The molecule has 13 heavy (non-hydrogen) atoms. The van der Waals surface area contributed by atoms with Gasteiger partial charge in [0.05, 0.1) is 5.57 Å². The van der Waals surface area contributed by atoms with E-state index in [0.717, 1.165) is 24.1 Å². The maximum absolute atomic E-state index is 10.9. The predicted molar refractivity (Wildman–Crippen MR) is 46.9 cm³/mol. The molecule has 0 spiro atoms. The number of allylic oxidation sites excluding steroid dienone is 2. The van der Waals surface area contributed by atoms with Crippen molar-refractivity contribution in [3.05, 3.63) is 34.6 Å². The second-order valence-corrected chi connectivity index (χ2v) is 3.62. The van der Waals surface area contributed by atoms with Crippen LogP contribution in [0, 0.1) is 5.92 Å². The van der Waals surface area contributed by atoms with E-state index in [4.69, 9.17) is 5.11 Å². The van der Waals surface area contributed by atoms with Gasteiger partial charge in [-0.3, -0.25) is 0 Å². The van der Waals surface area contributed by atoms with Crippen molar-refractivity contribution in [2.45, 2.75) is 6.42 Å². The first-order valence-corrected chi connectivity index (χ1v) is 4.38. The number of carbonyl (C=O) groups is 1. The largest absolute Gasteiger partial charge is 0.478 e. The van der Waals surface area contributed by atoms with Gasteiger partial charge in [-0.2, -0.15) is 0 Å². The third-order valence-electron chi connectivity index (χ3n) is 2.92. The Bertz CT molecular complexity index is 401. The van der Waals surface area contributed by atoms with E-state index >= 15 is 0 Å². The van der Waals surface area contributed by atoms with Crippen LogP contribution in [-0.2, 0) is 4.79 Å². The second-order valence-electron chi connectivity index (χ2n) is 3.62. The van der Waals surface area contributed by atoms with Crippen molar-refractivity contribution in [1.82, 2.24) is 5.32 Å². The highest BCUT2D eigenvalue weighted by molar-refractivity contribution is 5.97. The summed E-state index contributed by atoms with van der Waals surface area (Å²) < 4.78 is 0. The number of rotatable bonds is 1. The van der Waals surface area contributed by atoms with Gasteiger partial charge in [0.1, 0.15) is 0 Å². The average Bonchev–Trinajstić information content (AvgIpc) is 2.81. The summed E-state index contributed by atoms with van der Waals surface area (Å²) in [5, 5.41) is 12.1. The van der Waals surface area contributed by atoms with Gasteiger partial charge < -0.3 is 10.4 Å². The van der Waals surface area contributed by atoms with Gasteiger partial charge >= 0.3 is 5.97 Å². The van der Waals surface area contributed by atoms with Gasteiger partial charge in [0.25, 0.3) is 0 Å². The number of dihydropyridines is 1. The third-order valence-corrected chi connectivity index (χ3v) is 2.92. The lowest BCUT2D eigenvalue weighted by molar-refractivity contribution is -0.132. The van der Waals surface area contributed by atoms with Crippen LogP contribution < -0.4 is 5.32 Å². The van der Waals surface area contributed by atoms with E-state index in [-0.39, 0.29) is 0 Å². The molecule has 3 rings (SSSR count). The van der Waals surface area contributed by atoms with Crippen molar-refractivity contribution in [1.29, 1.82) is 0 Å². The van der Waals surface area contributed by atoms with Crippen molar-refractivity contribution >= 4 is 5.97 Å². The van der Waals surface area contributed by atoms with E-state index in [0.29, 0.717) is 11.5 Å². The molecule has 3 aliphatic rings. The van der Waals surface area contributed by atoms with Crippen LogP contribution in [0.25, 0.3) is 0 Å². The van der Waals surface area contributed by atoms with Crippen LogP contribution in [-0.4, -0.2) is 17.6 Å². The number of hydrogen-bond donors (Lipinski definition) is 2. The monoisotopic (exact) mass is 175 g/mol. The van der Waals surface area contributed by atoms with Gasteiger partial charge in [-0.25, -0.2) is 4.79 Å². The van der Waals surface area contributed by atoms with Gasteiger partial charge in [0, 0.05) is 12.5 Å². The topological polar surface area (TPSA) is 49.3 Å². The van der Waals surface area contributed by atoms with Crippen LogP contribution in [0.3, 0.4) is 0 Å². The van der Waals surface area contributed by atoms with E-state index in [9.17, 15) is 4.79 Å². The predicted octanol–water partition coefficient (Wildman–Crippen LogP) is 0.815. The normalized spacial score (nSPS) is 28.5. The average molecular weight is 175 g/mol. The molecule has 3 nitrogen and oxygen atoms in total. The summed E-state index contributed by atoms with van der Waals surface area (Å²) in [5.41, 5.74) is 3.93. The molecule has 1 unspecified atom stereocenters. The molecule has 66 valence electrons. The number of nitrogens with one attached hydrogen (secondary N) is 1. The van der Waals surface area contributed by atoms with Crippen molar-refractivity contribution in [3.63, 3.8) is 0 Å². The Morgan fingerprint density at radius 3 is 3.15 bits per heavy atom. The first-order valence-electron chi connectivity index (χ1n) is 4.38. The van der Waals surface area contributed by atoms with E-state index in [1.54, 1.807) is 0 Å². The Labute approximate surface area is 75.4 Å². The zero-order valence-electron chi connectivity index (χ0n) is 7.00. The summed E-state index contributed by atoms with van der Waals surface area (Å²) in [6.07, 6.45) is 4.67. The minimum Gasteiger partial charge on any atom is -0.478 e. The summed E-state index contributed by atoms with van der Waals surface area (Å²) >= 11 is 0. The number of fused-ring (bicyclic) bond motifs is 2. The van der Waals surface area contributed by atoms with Gasteiger partial charge in [-0.05, 0) is 35.4 Å². The van der Waals surface area contributed by atoms with Gasteiger partial charge in [0.2, 0.25) is 0 Å². The van der Waals surface area contributed by atoms with Gasteiger partial charge in [-0.15, -0.1) is 0 Å². The molecule has 2 N–H and O–H groups in total. The fraction of sp³-hybridized carbons (Fsp3) is 0.300. The summed E-state index contributed by atoms with van der Waals surface area (Å²) in [5.74, 6) is -0.312. The van der Waals surface area contributed by atoms with Crippen molar-refractivity contribution < 1.29 is 9.90 Å². The Hall–Kier alpha value is -1.51. The molecule has 0 aromatic rings. The molecule has 0 bridgehead atoms. The van der Waals surface area contributed by atoms with Gasteiger partial charge in [0.15, 0.2) is 0 Å². The zero-order valence-corrected chi connectivity index (χ0v) is 7.00. The standard InChI is InChI=1S/C10H9NO2/c12-10(13)9-5-1-2-11-4-8(5)6-3-7(6)9/h1-2,6,11H,3-4H2,(H,12,13). The zero-order chi connectivity index (χ0) is 9.00. The Morgan fingerprint density at radius 1 is 1.54 bits per heavy atom. The first-order chi connectivity index (χ1) is 6.29. The molecule has 0 radical (unpaired) electrons.